The van der Waals surface area contributed by atoms with Gasteiger partial charge in [-0.25, -0.2) is 0 Å². The van der Waals surface area contributed by atoms with Crippen LogP contribution in [0.4, 0.5) is 11.4 Å². The van der Waals surface area contributed by atoms with Crippen molar-refractivity contribution in [1.29, 1.82) is 5.26 Å². The molecule has 2 rings (SSSR count). The minimum Gasteiger partial charge on any atom is -0.354 e. The summed E-state index contributed by atoms with van der Waals surface area (Å²) < 4.78 is 0.938. The lowest BCUT2D eigenvalue weighted by Crippen LogP contribution is -1.91. The van der Waals surface area contributed by atoms with Crippen LogP contribution >= 0.6 is 27.5 Å². The van der Waals surface area contributed by atoms with Crippen LogP contribution in [0.5, 0.6) is 0 Å². The lowest BCUT2D eigenvalue weighted by atomic mass is 10.2. The van der Waals surface area contributed by atoms with Gasteiger partial charge in [0.05, 0.1) is 22.3 Å². The van der Waals surface area contributed by atoms with E-state index < -0.39 is 0 Å². The van der Waals surface area contributed by atoms with Crippen molar-refractivity contribution in [2.45, 2.75) is 0 Å². The SMILES string of the molecule is N#Cc1ccc(Nc2ccc(Br)cc2Cl)cc1. The van der Waals surface area contributed by atoms with Crippen molar-refractivity contribution in [2.75, 3.05) is 5.32 Å². The van der Waals surface area contributed by atoms with E-state index in [0.717, 1.165) is 15.8 Å². The minimum absolute atomic E-state index is 0.637. The number of rotatable bonds is 2. The first kappa shape index (κ1) is 12.0. The molecule has 4 heteroatoms. The highest BCUT2D eigenvalue weighted by atomic mass is 79.9. The molecule has 0 aliphatic rings. The molecule has 2 aromatic rings. The van der Waals surface area contributed by atoms with Gasteiger partial charge < -0.3 is 5.32 Å². The van der Waals surface area contributed by atoms with Gasteiger partial charge in [0, 0.05) is 10.2 Å². The second-order valence-corrected chi connectivity index (χ2v) is 4.76. The molecule has 84 valence electrons. The van der Waals surface area contributed by atoms with Gasteiger partial charge in [-0.3, -0.25) is 0 Å². The molecule has 0 radical (unpaired) electrons. The maximum atomic E-state index is 8.70. The van der Waals surface area contributed by atoms with Gasteiger partial charge in [-0.2, -0.15) is 5.26 Å². The van der Waals surface area contributed by atoms with Gasteiger partial charge in [0.1, 0.15) is 0 Å². The molecule has 0 heterocycles. The molecule has 17 heavy (non-hydrogen) atoms. The van der Waals surface area contributed by atoms with Crippen molar-refractivity contribution >= 4 is 38.9 Å². The number of nitrogens with zero attached hydrogens (tertiary/aromatic N) is 1. The van der Waals surface area contributed by atoms with Gasteiger partial charge in [0.15, 0.2) is 0 Å². The van der Waals surface area contributed by atoms with Crippen LogP contribution in [-0.2, 0) is 0 Å². The number of hydrogen-bond donors (Lipinski definition) is 1. The van der Waals surface area contributed by atoms with Crippen molar-refractivity contribution in [2.24, 2.45) is 0 Å². The Morgan fingerprint density at radius 2 is 1.82 bits per heavy atom. The minimum atomic E-state index is 0.637. The van der Waals surface area contributed by atoms with Crippen LogP contribution in [0.3, 0.4) is 0 Å². The fraction of sp³-hybridized carbons (Fsp3) is 0. The van der Waals surface area contributed by atoms with Gasteiger partial charge >= 0.3 is 0 Å². The van der Waals surface area contributed by atoms with Crippen LogP contribution in [0, 0.1) is 11.3 Å². The van der Waals surface area contributed by atoms with Gasteiger partial charge in [-0.15, -0.1) is 0 Å². The summed E-state index contributed by atoms with van der Waals surface area (Å²) in [7, 11) is 0. The average Bonchev–Trinajstić information content (AvgIpc) is 2.34. The first-order valence-electron chi connectivity index (χ1n) is 4.91. The summed E-state index contributed by atoms with van der Waals surface area (Å²) in [6.07, 6.45) is 0. The Bertz CT molecular complexity index is 573. The molecule has 0 aliphatic heterocycles. The molecule has 0 unspecified atom stereocenters. The first-order chi connectivity index (χ1) is 8.19. The van der Waals surface area contributed by atoms with Crippen molar-refractivity contribution in [3.63, 3.8) is 0 Å². The van der Waals surface area contributed by atoms with Crippen LogP contribution in [0.25, 0.3) is 0 Å². The van der Waals surface area contributed by atoms with Crippen molar-refractivity contribution in [3.05, 3.63) is 57.5 Å². The molecule has 0 saturated heterocycles. The topological polar surface area (TPSA) is 35.8 Å². The van der Waals surface area contributed by atoms with E-state index in [1.54, 1.807) is 12.1 Å². The number of nitrogens with one attached hydrogen (secondary N) is 1. The lowest BCUT2D eigenvalue weighted by Gasteiger charge is -2.08. The maximum Gasteiger partial charge on any atom is 0.0991 e. The van der Waals surface area contributed by atoms with E-state index in [-0.39, 0.29) is 0 Å². The second kappa shape index (κ2) is 5.22. The normalized spacial score (nSPS) is 9.71. The predicted molar refractivity (Wildman–Crippen MR) is 73.6 cm³/mol. The maximum absolute atomic E-state index is 8.70. The van der Waals surface area contributed by atoms with Crippen LogP contribution < -0.4 is 5.32 Å². The standard InChI is InChI=1S/C13H8BrClN2/c14-10-3-6-13(12(15)7-10)17-11-4-1-9(8-16)2-5-11/h1-7,17H. The van der Waals surface area contributed by atoms with Crippen molar-refractivity contribution in [3.8, 4) is 6.07 Å². The molecule has 2 aromatic carbocycles. The molecule has 0 bridgehead atoms. The Balaban J connectivity index is 2.23. The Morgan fingerprint density at radius 3 is 2.41 bits per heavy atom. The summed E-state index contributed by atoms with van der Waals surface area (Å²) in [5.74, 6) is 0. The summed E-state index contributed by atoms with van der Waals surface area (Å²) in [4.78, 5) is 0. The molecular weight excluding hydrogens is 300 g/mol. The number of nitriles is 1. The third-order valence-corrected chi connectivity index (χ3v) is 3.03. The van der Waals surface area contributed by atoms with Gasteiger partial charge in [0.2, 0.25) is 0 Å². The predicted octanol–water partition coefficient (Wildman–Crippen LogP) is 4.72. The van der Waals surface area contributed by atoms with E-state index in [1.165, 1.54) is 0 Å². The Kier molecular flexibility index (Phi) is 3.68. The third kappa shape index (κ3) is 3.00. The van der Waals surface area contributed by atoms with Gasteiger partial charge in [0.25, 0.3) is 0 Å². The smallest absolute Gasteiger partial charge is 0.0991 e. The van der Waals surface area contributed by atoms with Crippen LogP contribution in [0.2, 0.25) is 5.02 Å². The monoisotopic (exact) mass is 306 g/mol. The number of benzene rings is 2. The van der Waals surface area contributed by atoms with E-state index in [4.69, 9.17) is 16.9 Å². The summed E-state index contributed by atoms with van der Waals surface area (Å²) in [5.41, 5.74) is 2.37. The molecule has 0 aromatic heterocycles. The zero-order valence-electron chi connectivity index (χ0n) is 8.74. The highest BCUT2D eigenvalue weighted by Gasteiger charge is 2.01. The zero-order valence-corrected chi connectivity index (χ0v) is 11.1. The van der Waals surface area contributed by atoms with Gasteiger partial charge in [-0.1, -0.05) is 27.5 Å². The molecule has 0 amide bonds. The first-order valence-corrected chi connectivity index (χ1v) is 6.08. The van der Waals surface area contributed by atoms with Crippen LogP contribution in [-0.4, -0.2) is 0 Å². The summed E-state index contributed by atoms with van der Waals surface area (Å²) in [6, 6.07) is 14.9. The summed E-state index contributed by atoms with van der Waals surface area (Å²) in [5, 5.41) is 12.5. The van der Waals surface area contributed by atoms with Crippen LogP contribution in [0.1, 0.15) is 5.56 Å². The number of hydrogen-bond acceptors (Lipinski definition) is 2. The second-order valence-electron chi connectivity index (χ2n) is 3.44. The molecule has 2 nitrogen and oxygen atoms in total. The van der Waals surface area contributed by atoms with E-state index in [9.17, 15) is 0 Å². The largest absolute Gasteiger partial charge is 0.354 e. The van der Waals surface area contributed by atoms with E-state index in [2.05, 4.69) is 27.3 Å². The molecule has 0 aliphatic carbocycles. The number of halogens is 2. The van der Waals surface area contributed by atoms with Crippen molar-refractivity contribution in [1.82, 2.24) is 0 Å². The molecule has 0 fully saturated rings. The molecule has 0 saturated carbocycles. The highest BCUT2D eigenvalue weighted by Crippen LogP contribution is 2.28. The molecule has 1 N–H and O–H groups in total. The highest BCUT2D eigenvalue weighted by molar-refractivity contribution is 9.10. The lowest BCUT2D eigenvalue weighted by molar-refractivity contribution is 1.47. The third-order valence-electron chi connectivity index (χ3n) is 2.22. The van der Waals surface area contributed by atoms with E-state index >= 15 is 0 Å². The Labute approximate surface area is 113 Å². The van der Waals surface area contributed by atoms with Crippen LogP contribution in [0.15, 0.2) is 46.9 Å². The van der Waals surface area contributed by atoms with E-state index in [1.807, 2.05) is 30.3 Å². The summed E-state index contributed by atoms with van der Waals surface area (Å²) in [6.45, 7) is 0. The quantitative estimate of drug-likeness (QED) is 0.871. The fourth-order valence-electron chi connectivity index (χ4n) is 1.37. The van der Waals surface area contributed by atoms with E-state index in [0.29, 0.717) is 10.6 Å². The van der Waals surface area contributed by atoms with Crippen molar-refractivity contribution < 1.29 is 0 Å². The number of anilines is 2. The molecule has 0 spiro atoms. The average molecular weight is 308 g/mol. The van der Waals surface area contributed by atoms with Gasteiger partial charge in [-0.05, 0) is 42.5 Å². The molecular formula is C13H8BrClN2. The Hall–Kier alpha value is -1.50. The Morgan fingerprint density at radius 1 is 1.12 bits per heavy atom. The fourth-order valence-corrected chi connectivity index (χ4v) is 2.10. The summed E-state index contributed by atoms with van der Waals surface area (Å²) >= 11 is 9.45. The molecule has 0 atom stereocenters. The zero-order chi connectivity index (χ0) is 12.3.